The smallest absolute Gasteiger partial charge is 0.412 e. The van der Waals surface area contributed by atoms with Crippen LogP contribution in [-0.4, -0.2) is 39.4 Å². The Bertz CT molecular complexity index is 619. The fraction of sp³-hybridized carbons (Fsp3) is 0.429. The largest absolute Gasteiger partial charge is 0.468 e. The topological polar surface area (TPSA) is 94.8 Å². The van der Waals surface area contributed by atoms with Crippen LogP contribution in [0, 0.1) is 0 Å². The molecule has 2 heterocycles. The quantitative estimate of drug-likeness (QED) is 0.874. The van der Waals surface area contributed by atoms with E-state index in [0.29, 0.717) is 24.4 Å². The molecule has 0 aliphatic rings. The van der Waals surface area contributed by atoms with Crippen molar-refractivity contribution >= 4 is 23.9 Å². The van der Waals surface area contributed by atoms with E-state index in [1.54, 1.807) is 29.8 Å². The number of carbonyl (C=O) groups is 2. The number of hydrogen-bond acceptors (Lipinski definition) is 6. The Labute approximate surface area is 128 Å². The van der Waals surface area contributed by atoms with Gasteiger partial charge < -0.3 is 9.47 Å². The van der Waals surface area contributed by atoms with Gasteiger partial charge in [0.1, 0.15) is 11.9 Å². The molecule has 0 atom stereocenters. The second-order valence-corrected chi connectivity index (χ2v) is 5.16. The van der Waals surface area contributed by atoms with Gasteiger partial charge in [0.05, 0.1) is 6.61 Å². The lowest BCUT2D eigenvalue weighted by atomic mass is 10.2. The van der Waals surface area contributed by atoms with Crippen molar-refractivity contribution in [2.24, 2.45) is 0 Å². The molecule has 0 saturated carbocycles. The molecule has 0 spiro atoms. The summed E-state index contributed by atoms with van der Waals surface area (Å²) in [6.45, 7) is 8.11. The summed E-state index contributed by atoms with van der Waals surface area (Å²) in [5.41, 5.74) is 0.779. The number of carbonyl (C=O) groups excluding carboxylic acids is 2. The number of amides is 1. The van der Waals surface area contributed by atoms with E-state index in [1.807, 2.05) is 20.8 Å². The molecule has 2 rings (SSSR count). The van der Waals surface area contributed by atoms with Gasteiger partial charge in [-0.2, -0.15) is 5.10 Å². The van der Waals surface area contributed by atoms with Crippen molar-refractivity contribution in [2.75, 3.05) is 11.9 Å². The van der Waals surface area contributed by atoms with Gasteiger partial charge in [-0.05, 0) is 33.8 Å². The average Bonchev–Trinajstić information content (AvgIpc) is 2.85. The molecule has 1 N–H and O–H groups in total. The Morgan fingerprint density at radius 2 is 2.18 bits per heavy atom. The van der Waals surface area contributed by atoms with Crippen molar-refractivity contribution in [1.82, 2.24) is 14.6 Å². The third-order valence-electron chi connectivity index (χ3n) is 2.16. The van der Waals surface area contributed by atoms with Gasteiger partial charge in [0.2, 0.25) is 0 Å². The summed E-state index contributed by atoms with van der Waals surface area (Å²) >= 11 is 0. The summed E-state index contributed by atoms with van der Waals surface area (Å²) in [7, 11) is 0. The molecule has 22 heavy (non-hydrogen) atoms. The first kappa shape index (κ1) is 17.4. The Balaban J connectivity index is 0.000000422. The molecule has 0 saturated heterocycles. The normalized spacial score (nSPS) is 10.4. The molecule has 0 unspecified atom stereocenters. The summed E-state index contributed by atoms with van der Waals surface area (Å²) < 4.78 is 10.9. The minimum absolute atomic E-state index is 0.431. The molecule has 8 heteroatoms. The van der Waals surface area contributed by atoms with E-state index in [4.69, 9.17) is 4.74 Å². The predicted molar refractivity (Wildman–Crippen MR) is 80.5 cm³/mol. The van der Waals surface area contributed by atoms with E-state index in [9.17, 15) is 9.59 Å². The number of pyridine rings is 1. The number of nitrogens with one attached hydrogen (secondary N) is 1. The van der Waals surface area contributed by atoms with Gasteiger partial charge in [-0.3, -0.25) is 10.1 Å². The molecule has 1 amide bonds. The number of anilines is 1. The van der Waals surface area contributed by atoms with Crippen LogP contribution in [0.5, 0.6) is 0 Å². The number of nitrogens with zero attached hydrogens (tertiary/aromatic N) is 3. The maximum Gasteiger partial charge on any atom is 0.412 e. The Morgan fingerprint density at radius 1 is 1.45 bits per heavy atom. The van der Waals surface area contributed by atoms with Gasteiger partial charge in [-0.25, -0.2) is 14.3 Å². The lowest BCUT2D eigenvalue weighted by molar-refractivity contribution is -0.128. The van der Waals surface area contributed by atoms with Crippen LogP contribution < -0.4 is 5.32 Å². The van der Waals surface area contributed by atoms with E-state index in [0.717, 1.165) is 0 Å². The summed E-state index contributed by atoms with van der Waals surface area (Å²) in [4.78, 5) is 24.7. The van der Waals surface area contributed by atoms with Gasteiger partial charge in [-0.15, -0.1) is 0 Å². The molecule has 0 aromatic carbocycles. The van der Waals surface area contributed by atoms with E-state index in [2.05, 4.69) is 20.1 Å². The lowest BCUT2D eigenvalue weighted by Gasteiger charge is -2.19. The van der Waals surface area contributed by atoms with Crippen molar-refractivity contribution < 1.29 is 19.1 Å². The number of rotatable bonds is 3. The first-order chi connectivity index (χ1) is 10.4. The average molecular weight is 308 g/mol. The van der Waals surface area contributed by atoms with Gasteiger partial charge in [-0.1, -0.05) is 0 Å². The molecule has 0 radical (unpaired) electrons. The van der Waals surface area contributed by atoms with Gasteiger partial charge in [0, 0.05) is 18.0 Å². The highest BCUT2D eigenvalue weighted by atomic mass is 16.6. The number of ether oxygens (including phenoxy) is 2. The Hall–Kier alpha value is -2.64. The third-order valence-corrected chi connectivity index (χ3v) is 2.16. The number of fused-ring (bicyclic) bond motifs is 1. The lowest BCUT2D eigenvalue weighted by Crippen LogP contribution is -2.27. The predicted octanol–water partition coefficient (Wildman–Crippen LogP) is 2.26. The van der Waals surface area contributed by atoms with Crippen LogP contribution in [-0.2, 0) is 14.3 Å². The molecule has 8 nitrogen and oxygen atoms in total. The second kappa shape index (κ2) is 7.96. The Kier molecular flexibility index (Phi) is 6.30. The zero-order chi connectivity index (χ0) is 16.6. The van der Waals surface area contributed by atoms with Crippen LogP contribution in [0.2, 0.25) is 0 Å². The van der Waals surface area contributed by atoms with E-state index in [1.165, 1.54) is 6.33 Å². The summed E-state index contributed by atoms with van der Waals surface area (Å²) in [5.74, 6) is 0. The van der Waals surface area contributed by atoms with Crippen molar-refractivity contribution in [2.45, 2.75) is 33.3 Å². The van der Waals surface area contributed by atoms with Gasteiger partial charge >= 0.3 is 6.09 Å². The van der Waals surface area contributed by atoms with Crippen LogP contribution >= 0.6 is 0 Å². The van der Waals surface area contributed by atoms with Crippen LogP contribution in [0.4, 0.5) is 10.5 Å². The van der Waals surface area contributed by atoms with Crippen LogP contribution in [0.1, 0.15) is 27.7 Å². The molecule has 0 fully saturated rings. The summed E-state index contributed by atoms with van der Waals surface area (Å²) in [6.07, 6.45) is 2.68. The monoisotopic (exact) mass is 308 g/mol. The standard InChI is InChI=1S/C11H14N4O2.C3H6O2/c1-11(2,3)17-10(16)14-8-4-5-15-9(6-8)12-7-13-15;1-2-5-3-4/h4-7H,1-3H3,(H,14,16);3H,2H2,1H3. The van der Waals surface area contributed by atoms with Crippen molar-refractivity contribution in [1.29, 1.82) is 0 Å². The zero-order valence-electron chi connectivity index (χ0n) is 13.1. The van der Waals surface area contributed by atoms with E-state index < -0.39 is 11.7 Å². The van der Waals surface area contributed by atoms with Crippen LogP contribution in [0.15, 0.2) is 24.7 Å². The summed E-state index contributed by atoms with van der Waals surface area (Å²) in [6, 6.07) is 3.45. The molecule has 2 aromatic heterocycles. The minimum Gasteiger partial charge on any atom is -0.468 e. The SMILES string of the molecule is CC(C)(C)OC(=O)Nc1ccn2ncnc2c1.CCOC=O. The molecule has 120 valence electrons. The zero-order valence-corrected chi connectivity index (χ0v) is 13.1. The van der Waals surface area contributed by atoms with E-state index >= 15 is 0 Å². The maximum atomic E-state index is 11.5. The fourth-order valence-electron chi connectivity index (χ4n) is 1.38. The van der Waals surface area contributed by atoms with Crippen LogP contribution in [0.25, 0.3) is 5.65 Å². The fourth-order valence-corrected chi connectivity index (χ4v) is 1.38. The third kappa shape index (κ3) is 6.21. The molecule has 0 aliphatic heterocycles. The second-order valence-electron chi connectivity index (χ2n) is 5.16. The number of aromatic nitrogens is 3. The molecule has 0 bridgehead atoms. The molecular weight excluding hydrogens is 288 g/mol. The van der Waals surface area contributed by atoms with Crippen molar-refractivity contribution in [3.05, 3.63) is 24.7 Å². The maximum absolute atomic E-state index is 11.5. The van der Waals surface area contributed by atoms with Gasteiger partial charge in [0.25, 0.3) is 6.47 Å². The highest BCUT2D eigenvalue weighted by Crippen LogP contribution is 2.12. The van der Waals surface area contributed by atoms with Crippen molar-refractivity contribution in [3.63, 3.8) is 0 Å². The summed E-state index contributed by atoms with van der Waals surface area (Å²) in [5, 5.41) is 6.60. The molecule has 0 aliphatic carbocycles. The number of hydrogen-bond donors (Lipinski definition) is 1. The molecule has 2 aromatic rings. The Morgan fingerprint density at radius 3 is 2.73 bits per heavy atom. The first-order valence-electron chi connectivity index (χ1n) is 6.70. The van der Waals surface area contributed by atoms with Crippen molar-refractivity contribution in [3.8, 4) is 0 Å². The van der Waals surface area contributed by atoms with E-state index in [-0.39, 0.29) is 0 Å². The van der Waals surface area contributed by atoms with Gasteiger partial charge in [0.15, 0.2) is 5.65 Å². The highest BCUT2D eigenvalue weighted by Gasteiger charge is 2.16. The molecular formula is C14H20N4O4. The minimum atomic E-state index is -0.511. The highest BCUT2D eigenvalue weighted by molar-refractivity contribution is 5.85. The van der Waals surface area contributed by atoms with Crippen LogP contribution in [0.3, 0.4) is 0 Å². The first-order valence-corrected chi connectivity index (χ1v) is 6.70.